The van der Waals surface area contributed by atoms with Gasteiger partial charge in [0.1, 0.15) is 11.3 Å². The lowest BCUT2D eigenvalue weighted by molar-refractivity contribution is 0.393. The van der Waals surface area contributed by atoms with Crippen molar-refractivity contribution in [1.29, 1.82) is 0 Å². The third kappa shape index (κ3) is 2.52. The Balaban J connectivity index is 1.52. The summed E-state index contributed by atoms with van der Waals surface area (Å²) in [6, 6.07) is 4.37. The third-order valence-corrected chi connectivity index (χ3v) is 6.80. The topological polar surface area (TPSA) is 80.7 Å². The lowest BCUT2D eigenvalue weighted by Gasteiger charge is -2.09. The van der Waals surface area contributed by atoms with Crippen molar-refractivity contribution in [3.8, 4) is 22.3 Å². The van der Waals surface area contributed by atoms with Crippen LogP contribution >= 0.6 is 0 Å². The number of hydrogen-bond donors (Lipinski definition) is 1. The van der Waals surface area contributed by atoms with Crippen LogP contribution in [0, 0.1) is 13.8 Å². The molecule has 0 aliphatic heterocycles. The molecule has 30 heavy (non-hydrogen) atoms. The lowest BCUT2D eigenvalue weighted by atomic mass is 9.93. The summed E-state index contributed by atoms with van der Waals surface area (Å²) in [6.45, 7) is 3.97. The van der Waals surface area contributed by atoms with Gasteiger partial charge in [0.15, 0.2) is 11.5 Å². The lowest BCUT2D eigenvalue weighted by Crippen LogP contribution is -1.92. The molecule has 6 heteroatoms. The largest absolute Gasteiger partial charge is 0.440 e. The van der Waals surface area contributed by atoms with Crippen LogP contribution < -0.4 is 0 Å². The zero-order valence-corrected chi connectivity index (χ0v) is 17.3. The molecule has 0 amide bonds. The Hall–Kier alpha value is -2.89. The third-order valence-electron chi connectivity index (χ3n) is 6.80. The summed E-state index contributed by atoms with van der Waals surface area (Å²) in [6.07, 6.45) is 7.26. The van der Waals surface area contributed by atoms with Gasteiger partial charge in [0.05, 0.1) is 11.4 Å². The maximum absolute atomic E-state index is 6.29. The van der Waals surface area contributed by atoms with Gasteiger partial charge in [-0.25, -0.2) is 4.98 Å². The second kappa shape index (κ2) is 5.84. The average molecular weight is 400 g/mol. The van der Waals surface area contributed by atoms with Crippen LogP contribution in [0.4, 0.5) is 0 Å². The molecule has 4 aromatic rings. The number of aromatic nitrogens is 4. The Labute approximate surface area is 174 Å². The van der Waals surface area contributed by atoms with E-state index in [1.165, 1.54) is 55.5 Å². The van der Waals surface area contributed by atoms with Gasteiger partial charge in [0.25, 0.3) is 0 Å². The van der Waals surface area contributed by atoms with E-state index in [0.29, 0.717) is 17.8 Å². The fourth-order valence-corrected chi connectivity index (χ4v) is 4.75. The number of nitrogens with one attached hydrogen (secondary N) is 1. The fraction of sp³-hybridized carbons (Fsp3) is 0.458. The molecule has 152 valence electrons. The molecule has 1 N–H and O–H groups in total. The standard InChI is InChI=1S/C24H24N4O2/c1-11-19(12(2)30-28-11)16-9-17(23-18(10-16)29-24(25-23)15-7-8-15)20-21(13-3-4-13)26-27-22(20)14-5-6-14/h9-10,13-15H,3-8H2,1-2H3,(H,26,27). The Morgan fingerprint density at radius 2 is 1.70 bits per heavy atom. The molecule has 3 saturated carbocycles. The number of aromatic amines is 1. The van der Waals surface area contributed by atoms with Crippen molar-refractivity contribution in [3.63, 3.8) is 0 Å². The number of benzene rings is 1. The summed E-state index contributed by atoms with van der Waals surface area (Å²) < 4.78 is 11.8. The smallest absolute Gasteiger partial charge is 0.198 e. The van der Waals surface area contributed by atoms with Gasteiger partial charge < -0.3 is 8.94 Å². The monoisotopic (exact) mass is 400 g/mol. The second-order valence-electron chi connectivity index (χ2n) is 9.34. The molecular weight excluding hydrogens is 376 g/mol. The molecule has 3 fully saturated rings. The van der Waals surface area contributed by atoms with E-state index in [1.54, 1.807) is 0 Å². The SMILES string of the molecule is Cc1noc(C)c1-c1cc(-c2c(C3CC3)n[nH]c2C2CC2)c2nc(C3CC3)oc2c1. The minimum absolute atomic E-state index is 0.475. The van der Waals surface area contributed by atoms with Gasteiger partial charge in [-0.15, -0.1) is 0 Å². The van der Waals surface area contributed by atoms with E-state index in [1.807, 2.05) is 13.8 Å². The highest BCUT2D eigenvalue weighted by Crippen LogP contribution is 2.52. The molecular formula is C24H24N4O2. The normalized spacial score (nSPS) is 19.1. The van der Waals surface area contributed by atoms with Gasteiger partial charge in [0.2, 0.25) is 0 Å². The van der Waals surface area contributed by atoms with E-state index < -0.39 is 0 Å². The highest BCUT2D eigenvalue weighted by molar-refractivity contribution is 5.97. The number of rotatable bonds is 5. The van der Waals surface area contributed by atoms with E-state index in [9.17, 15) is 0 Å². The van der Waals surface area contributed by atoms with Crippen molar-refractivity contribution in [2.24, 2.45) is 0 Å². The predicted octanol–water partition coefficient (Wildman–Crippen LogP) is 6.12. The van der Waals surface area contributed by atoms with Gasteiger partial charge in [0, 0.05) is 40.1 Å². The molecule has 3 aliphatic rings. The van der Waals surface area contributed by atoms with Crippen LogP contribution in [0.15, 0.2) is 21.1 Å². The van der Waals surface area contributed by atoms with E-state index in [-0.39, 0.29) is 0 Å². The summed E-state index contributed by atoms with van der Waals surface area (Å²) in [5.41, 5.74) is 9.77. The van der Waals surface area contributed by atoms with Gasteiger partial charge in [-0.2, -0.15) is 5.10 Å². The highest BCUT2D eigenvalue weighted by Gasteiger charge is 2.37. The Kier molecular flexibility index (Phi) is 3.28. The molecule has 3 aliphatic carbocycles. The summed E-state index contributed by atoms with van der Waals surface area (Å²) >= 11 is 0. The average Bonchev–Trinajstić information content (AvgIpc) is 3.64. The maximum atomic E-state index is 6.29. The molecule has 0 bridgehead atoms. The quantitative estimate of drug-likeness (QED) is 0.436. The zero-order valence-electron chi connectivity index (χ0n) is 17.3. The number of H-pyrrole nitrogens is 1. The summed E-state index contributed by atoms with van der Waals surface area (Å²) in [7, 11) is 0. The minimum Gasteiger partial charge on any atom is -0.440 e. The van der Waals surface area contributed by atoms with Crippen molar-refractivity contribution in [2.45, 2.75) is 70.1 Å². The number of aryl methyl sites for hydroxylation is 2. The Morgan fingerprint density at radius 1 is 0.933 bits per heavy atom. The van der Waals surface area contributed by atoms with Crippen LogP contribution in [0.5, 0.6) is 0 Å². The van der Waals surface area contributed by atoms with Crippen molar-refractivity contribution in [2.75, 3.05) is 0 Å². The van der Waals surface area contributed by atoms with Crippen LogP contribution in [-0.2, 0) is 0 Å². The fourth-order valence-electron chi connectivity index (χ4n) is 4.75. The van der Waals surface area contributed by atoms with Crippen LogP contribution in [-0.4, -0.2) is 20.3 Å². The molecule has 3 heterocycles. The Morgan fingerprint density at radius 3 is 2.37 bits per heavy atom. The minimum atomic E-state index is 0.475. The van der Waals surface area contributed by atoms with E-state index in [2.05, 4.69) is 22.4 Å². The van der Waals surface area contributed by atoms with Crippen molar-refractivity contribution < 1.29 is 8.94 Å². The molecule has 0 spiro atoms. The van der Waals surface area contributed by atoms with Crippen LogP contribution in [0.2, 0.25) is 0 Å². The number of nitrogens with zero attached hydrogens (tertiary/aromatic N) is 3. The van der Waals surface area contributed by atoms with Gasteiger partial charge in [-0.1, -0.05) is 5.16 Å². The zero-order chi connectivity index (χ0) is 20.0. The van der Waals surface area contributed by atoms with Crippen molar-refractivity contribution in [1.82, 2.24) is 20.3 Å². The molecule has 6 nitrogen and oxygen atoms in total. The number of oxazole rings is 1. The molecule has 7 rings (SSSR count). The number of hydrogen-bond acceptors (Lipinski definition) is 5. The van der Waals surface area contributed by atoms with Crippen LogP contribution in [0.1, 0.15) is 85.0 Å². The molecule has 0 saturated heterocycles. The van der Waals surface area contributed by atoms with Gasteiger partial charge in [-0.3, -0.25) is 5.10 Å². The van der Waals surface area contributed by atoms with E-state index >= 15 is 0 Å². The van der Waals surface area contributed by atoms with Crippen molar-refractivity contribution >= 4 is 11.1 Å². The first-order valence-corrected chi connectivity index (χ1v) is 11.1. The maximum Gasteiger partial charge on any atom is 0.198 e. The molecule has 0 radical (unpaired) electrons. The first-order chi connectivity index (χ1) is 14.7. The number of fused-ring (bicyclic) bond motifs is 1. The highest BCUT2D eigenvalue weighted by atomic mass is 16.5. The molecule has 0 unspecified atom stereocenters. The first-order valence-electron chi connectivity index (χ1n) is 11.1. The van der Waals surface area contributed by atoms with Crippen LogP contribution in [0.3, 0.4) is 0 Å². The summed E-state index contributed by atoms with van der Waals surface area (Å²) in [4.78, 5) is 4.99. The molecule has 3 aromatic heterocycles. The predicted molar refractivity (Wildman–Crippen MR) is 112 cm³/mol. The van der Waals surface area contributed by atoms with E-state index in [4.69, 9.17) is 19.0 Å². The van der Waals surface area contributed by atoms with Crippen molar-refractivity contribution in [3.05, 3.63) is 40.9 Å². The first kappa shape index (κ1) is 16.9. The van der Waals surface area contributed by atoms with Gasteiger partial charge >= 0.3 is 0 Å². The Bertz CT molecular complexity index is 1250. The van der Waals surface area contributed by atoms with Crippen LogP contribution in [0.25, 0.3) is 33.4 Å². The van der Waals surface area contributed by atoms with Gasteiger partial charge in [-0.05, 0) is 70.1 Å². The van der Waals surface area contributed by atoms with E-state index in [0.717, 1.165) is 45.1 Å². The summed E-state index contributed by atoms with van der Waals surface area (Å²) in [5.74, 6) is 3.34. The second-order valence-corrected chi connectivity index (χ2v) is 9.34. The molecule has 0 atom stereocenters. The summed E-state index contributed by atoms with van der Waals surface area (Å²) in [5, 5.41) is 12.4. The molecule has 1 aromatic carbocycles.